The predicted octanol–water partition coefficient (Wildman–Crippen LogP) is 2.27. The largest absolute Gasteiger partial charge is 0.387 e. The zero-order valence-electron chi connectivity index (χ0n) is 11.2. The molecule has 4 heteroatoms. The summed E-state index contributed by atoms with van der Waals surface area (Å²) in [6.07, 6.45) is 3.10. The first-order valence-corrected chi connectivity index (χ1v) is 6.33. The van der Waals surface area contributed by atoms with Crippen molar-refractivity contribution < 1.29 is 9.53 Å². The fraction of sp³-hybridized carbons (Fsp3) is 0.500. The van der Waals surface area contributed by atoms with Gasteiger partial charge < -0.3 is 15.4 Å². The van der Waals surface area contributed by atoms with Gasteiger partial charge in [-0.3, -0.25) is 4.79 Å². The third-order valence-corrected chi connectivity index (χ3v) is 2.75. The molecule has 0 aromatic heterocycles. The molecule has 1 aromatic carbocycles. The molecule has 1 rings (SSSR count). The highest BCUT2D eigenvalue weighted by Crippen LogP contribution is 2.13. The molecule has 0 aliphatic rings. The van der Waals surface area contributed by atoms with Crippen molar-refractivity contribution in [1.29, 1.82) is 0 Å². The Morgan fingerprint density at radius 1 is 1.22 bits per heavy atom. The topological polar surface area (TPSA) is 50.4 Å². The van der Waals surface area contributed by atoms with E-state index in [-0.39, 0.29) is 5.91 Å². The summed E-state index contributed by atoms with van der Waals surface area (Å²) in [5.74, 6) is -0.0216. The zero-order chi connectivity index (χ0) is 13.2. The molecule has 18 heavy (non-hydrogen) atoms. The smallest absolute Gasteiger partial charge is 0.253 e. The molecule has 100 valence electrons. The van der Waals surface area contributed by atoms with Crippen LogP contribution in [-0.4, -0.2) is 33.2 Å². The molecular formula is C14H22N2O2. The van der Waals surface area contributed by atoms with Gasteiger partial charge in [0, 0.05) is 33.0 Å². The Labute approximate surface area is 109 Å². The van der Waals surface area contributed by atoms with E-state index in [0.29, 0.717) is 12.1 Å². The van der Waals surface area contributed by atoms with Crippen LogP contribution in [0.3, 0.4) is 0 Å². The quantitative estimate of drug-likeness (QED) is 0.696. The molecule has 0 atom stereocenters. The van der Waals surface area contributed by atoms with Crippen LogP contribution in [0.1, 0.15) is 29.6 Å². The number of hydrogen-bond donors (Lipinski definition) is 2. The molecule has 0 unspecified atom stereocenters. The lowest BCUT2D eigenvalue weighted by atomic mass is 10.1. The molecule has 1 amide bonds. The van der Waals surface area contributed by atoms with E-state index in [9.17, 15) is 4.79 Å². The van der Waals surface area contributed by atoms with E-state index in [1.54, 1.807) is 7.11 Å². The summed E-state index contributed by atoms with van der Waals surface area (Å²) < 4.78 is 4.97. The molecule has 0 spiro atoms. The third-order valence-electron chi connectivity index (χ3n) is 2.75. The number of anilines is 1. The van der Waals surface area contributed by atoms with Crippen LogP contribution in [0.5, 0.6) is 0 Å². The van der Waals surface area contributed by atoms with Gasteiger partial charge in [-0.25, -0.2) is 0 Å². The van der Waals surface area contributed by atoms with Gasteiger partial charge in [0.2, 0.25) is 0 Å². The summed E-state index contributed by atoms with van der Waals surface area (Å²) >= 11 is 0. The van der Waals surface area contributed by atoms with Crippen molar-refractivity contribution in [2.24, 2.45) is 0 Å². The van der Waals surface area contributed by atoms with Gasteiger partial charge in [0.25, 0.3) is 5.91 Å². The SMILES string of the molecule is CNc1ccccc1C(=O)NCCCCCOC. The molecule has 0 radical (unpaired) electrons. The number of unbranched alkanes of at least 4 members (excludes halogenated alkanes) is 2. The first-order chi connectivity index (χ1) is 8.79. The van der Waals surface area contributed by atoms with Crippen LogP contribution >= 0.6 is 0 Å². The lowest BCUT2D eigenvalue weighted by Crippen LogP contribution is -2.25. The summed E-state index contributed by atoms with van der Waals surface area (Å²) in [5, 5.41) is 5.95. The zero-order valence-corrected chi connectivity index (χ0v) is 11.2. The lowest BCUT2D eigenvalue weighted by Gasteiger charge is -2.09. The van der Waals surface area contributed by atoms with Crippen LogP contribution in [0.2, 0.25) is 0 Å². The molecule has 0 aliphatic carbocycles. The molecule has 1 aromatic rings. The second kappa shape index (κ2) is 8.53. The number of ether oxygens (including phenoxy) is 1. The van der Waals surface area contributed by atoms with E-state index in [4.69, 9.17) is 4.74 Å². The highest BCUT2D eigenvalue weighted by molar-refractivity contribution is 5.99. The number of para-hydroxylation sites is 1. The predicted molar refractivity (Wildman–Crippen MR) is 74.0 cm³/mol. The number of amides is 1. The van der Waals surface area contributed by atoms with E-state index in [2.05, 4.69) is 10.6 Å². The average molecular weight is 250 g/mol. The van der Waals surface area contributed by atoms with Gasteiger partial charge in [0.1, 0.15) is 0 Å². The second-order valence-electron chi connectivity index (χ2n) is 4.10. The average Bonchev–Trinajstić information content (AvgIpc) is 2.42. The summed E-state index contributed by atoms with van der Waals surface area (Å²) in [4.78, 5) is 11.9. The first-order valence-electron chi connectivity index (χ1n) is 6.33. The number of carbonyl (C=O) groups is 1. The van der Waals surface area contributed by atoms with Crippen molar-refractivity contribution in [1.82, 2.24) is 5.32 Å². The van der Waals surface area contributed by atoms with E-state index in [1.807, 2.05) is 31.3 Å². The van der Waals surface area contributed by atoms with Crippen molar-refractivity contribution in [3.05, 3.63) is 29.8 Å². The lowest BCUT2D eigenvalue weighted by molar-refractivity contribution is 0.0953. The van der Waals surface area contributed by atoms with Gasteiger partial charge in [-0.1, -0.05) is 12.1 Å². The van der Waals surface area contributed by atoms with Gasteiger partial charge in [-0.15, -0.1) is 0 Å². The molecule has 0 saturated carbocycles. The van der Waals surface area contributed by atoms with Gasteiger partial charge in [0.15, 0.2) is 0 Å². The number of rotatable bonds is 8. The van der Waals surface area contributed by atoms with Crippen LogP contribution in [0.25, 0.3) is 0 Å². The summed E-state index contributed by atoms with van der Waals surface area (Å²) in [5.41, 5.74) is 1.55. The Morgan fingerprint density at radius 2 is 2.00 bits per heavy atom. The molecule has 0 saturated heterocycles. The number of nitrogens with one attached hydrogen (secondary N) is 2. The van der Waals surface area contributed by atoms with E-state index in [0.717, 1.165) is 31.6 Å². The Morgan fingerprint density at radius 3 is 2.72 bits per heavy atom. The number of methoxy groups -OCH3 is 1. The van der Waals surface area contributed by atoms with Gasteiger partial charge in [-0.05, 0) is 31.4 Å². The van der Waals surface area contributed by atoms with Crippen molar-refractivity contribution in [2.45, 2.75) is 19.3 Å². The Balaban J connectivity index is 2.32. The van der Waals surface area contributed by atoms with Crippen molar-refractivity contribution in [2.75, 3.05) is 32.6 Å². The van der Waals surface area contributed by atoms with Crippen molar-refractivity contribution in [3.63, 3.8) is 0 Å². The molecule has 0 heterocycles. The summed E-state index contributed by atoms with van der Waals surface area (Å²) in [6.45, 7) is 1.50. The number of carbonyl (C=O) groups excluding carboxylic acids is 1. The maximum atomic E-state index is 11.9. The Hall–Kier alpha value is -1.55. The second-order valence-corrected chi connectivity index (χ2v) is 4.10. The standard InChI is InChI=1S/C14H22N2O2/c1-15-13-9-5-4-8-12(13)14(17)16-10-6-3-7-11-18-2/h4-5,8-9,15H,3,6-7,10-11H2,1-2H3,(H,16,17). The van der Waals surface area contributed by atoms with Crippen LogP contribution in [0.15, 0.2) is 24.3 Å². The fourth-order valence-electron chi connectivity index (χ4n) is 1.74. The van der Waals surface area contributed by atoms with E-state index in [1.165, 1.54) is 0 Å². The van der Waals surface area contributed by atoms with Crippen molar-refractivity contribution >= 4 is 11.6 Å². The van der Waals surface area contributed by atoms with Crippen LogP contribution in [0.4, 0.5) is 5.69 Å². The highest BCUT2D eigenvalue weighted by atomic mass is 16.5. The molecule has 2 N–H and O–H groups in total. The van der Waals surface area contributed by atoms with Gasteiger partial charge in [-0.2, -0.15) is 0 Å². The summed E-state index contributed by atoms with van der Waals surface area (Å²) in [6, 6.07) is 7.50. The Kier molecular flexibility index (Phi) is 6.87. The van der Waals surface area contributed by atoms with Gasteiger partial charge >= 0.3 is 0 Å². The summed E-state index contributed by atoms with van der Waals surface area (Å²) in [7, 11) is 3.52. The highest BCUT2D eigenvalue weighted by Gasteiger charge is 2.08. The minimum atomic E-state index is -0.0216. The minimum absolute atomic E-state index is 0.0216. The third kappa shape index (κ3) is 4.75. The van der Waals surface area contributed by atoms with Crippen LogP contribution in [0, 0.1) is 0 Å². The monoisotopic (exact) mass is 250 g/mol. The van der Waals surface area contributed by atoms with Crippen LogP contribution < -0.4 is 10.6 Å². The van der Waals surface area contributed by atoms with E-state index >= 15 is 0 Å². The maximum absolute atomic E-state index is 11.9. The first kappa shape index (κ1) is 14.5. The molecular weight excluding hydrogens is 228 g/mol. The van der Waals surface area contributed by atoms with Gasteiger partial charge in [0.05, 0.1) is 5.56 Å². The van der Waals surface area contributed by atoms with Crippen LogP contribution in [-0.2, 0) is 4.74 Å². The normalized spacial score (nSPS) is 10.1. The number of benzene rings is 1. The van der Waals surface area contributed by atoms with Crippen molar-refractivity contribution in [3.8, 4) is 0 Å². The fourth-order valence-corrected chi connectivity index (χ4v) is 1.74. The Bertz CT molecular complexity index is 367. The molecule has 0 aliphatic heterocycles. The minimum Gasteiger partial charge on any atom is -0.387 e. The molecule has 4 nitrogen and oxygen atoms in total. The van der Waals surface area contributed by atoms with E-state index < -0.39 is 0 Å². The number of hydrogen-bond acceptors (Lipinski definition) is 3. The molecule has 0 bridgehead atoms. The maximum Gasteiger partial charge on any atom is 0.253 e. The molecule has 0 fully saturated rings.